The van der Waals surface area contributed by atoms with E-state index in [1.807, 2.05) is 11.8 Å². The van der Waals surface area contributed by atoms with Crippen molar-refractivity contribution in [3.63, 3.8) is 0 Å². The highest BCUT2D eigenvalue weighted by Gasteiger charge is 2.29. The fraction of sp³-hybridized carbons (Fsp3) is 0.846. The van der Waals surface area contributed by atoms with Gasteiger partial charge in [0.25, 0.3) is 0 Å². The minimum Gasteiger partial charge on any atom is -0.481 e. The predicted molar refractivity (Wildman–Crippen MR) is 75.5 cm³/mol. The number of hydrogen-bond acceptors (Lipinski definition) is 4. The zero-order chi connectivity index (χ0) is 14.5. The number of ether oxygens (including phenoxy) is 1. The first-order chi connectivity index (χ1) is 8.78. The van der Waals surface area contributed by atoms with Crippen molar-refractivity contribution >= 4 is 23.8 Å². The van der Waals surface area contributed by atoms with Crippen LogP contribution in [0.3, 0.4) is 0 Å². The van der Waals surface area contributed by atoms with Gasteiger partial charge >= 0.3 is 12.1 Å². The predicted octanol–water partition coefficient (Wildman–Crippen LogP) is 2.50. The molecule has 0 saturated carbocycles. The van der Waals surface area contributed by atoms with Crippen LogP contribution in [-0.2, 0) is 9.53 Å². The molecule has 19 heavy (non-hydrogen) atoms. The fourth-order valence-corrected chi connectivity index (χ4v) is 3.30. The first kappa shape index (κ1) is 16.1. The maximum absolute atomic E-state index is 11.8. The van der Waals surface area contributed by atoms with E-state index in [1.165, 1.54) is 0 Å². The van der Waals surface area contributed by atoms with E-state index in [1.54, 1.807) is 20.8 Å². The van der Waals surface area contributed by atoms with Crippen molar-refractivity contribution < 1.29 is 19.4 Å². The van der Waals surface area contributed by atoms with Crippen molar-refractivity contribution in [1.82, 2.24) is 5.32 Å². The molecule has 0 aromatic heterocycles. The molecule has 1 amide bonds. The lowest BCUT2D eigenvalue weighted by Gasteiger charge is -2.30. The van der Waals surface area contributed by atoms with Crippen molar-refractivity contribution in [3.05, 3.63) is 0 Å². The second-order valence-corrected chi connectivity index (χ2v) is 6.98. The summed E-state index contributed by atoms with van der Waals surface area (Å²) in [6, 6.07) is -0.347. The van der Waals surface area contributed by atoms with Crippen molar-refractivity contribution in [2.24, 2.45) is 5.92 Å². The van der Waals surface area contributed by atoms with Crippen LogP contribution >= 0.6 is 11.8 Å². The normalized spacial score (nSPS) is 21.5. The maximum atomic E-state index is 11.8. The van der Waals surface area contributed by atoms with Crippen LogP contribution in [0.15, 0.2) is 0 Å². The lowest BCUT2D eigenvalue weighted by molar-refractivity contribution is -0.137. The number of carbonyl (C=O) groups excluding carboxylic acids is 1. The Morgan fingerprint density at radius 3 is 2.63 bits per heavy atom. The molecule has 1 aliphatic heterocycles. The number of amides is 1. The zero-order valence-corrected chi connectivity index (χ0v) is 12.6. The van der Waals surface area contributed by atoms with Gasteiger partial charge in [-0.1, -0.05) is 0 Å². The molecule has 6 heteroatoms. The Morgan fingerprint density at radius 1 is 1.47 bits per heavy atom. The molecule has 0 radical (unpaired) electrons. The molecular weight excluding hydrogens is 266 g/mol. The molecule has 1 heterocycles. The molecule has 1 rings (SSSR count). The fourth-order valence-electron chi connectivity index (χ4n) is 2.07. The molecule has 5 nitrogen and oxygen atoms in total. The highest BCUT2D eigenvalue weighted by atomic mass is 32.2. The number of nitrogens with one attached hydrogen (secondary N) is 1. The summed E-state index contributed by atoms with van der Waals surface area (Å²) in [6.45, 7) is 5.36. The second kappa shape index (κ2) is 7.03. The lowest BCUT2D eigenvalue weighted by Crippen LogP contribution is -2.45. The number of carboxylic acid groups (broad SMARTS) is 1. The Bertz CT molecular complexity index is 321. The summed E-state index contributed by atoms with van der Waals surface area (Å²) in [7, 11) is 0. The van der Waals surface area contributed by atoms with Crippen LogP contribution in [0.2, 0.25) is 0 Å². The second-order valence-electron chi connectivity index (χ2n) is 5.83. The van der Waals surface area contributed by atoms with Crippen LogP contribution in [0.1, 0.15) is 40.0 Å². The van der Waals surface area contributed by atoms with E-state index in [4.69, 9.17) is 9.84 Å². The topological polar surface area (TPSA) is 75.6 Å². The third-order valence-corrected chi connectivity index (χ3v) is 4.10. The van der Waals surface area contributed by atoms with E-state index < -0.39 is 17.7 Å². The first-order valence-electron chi connectivity index (χ1n) is 6.57. The van der Waals surface area contributed by atoms with E-state index >= 15 is 0 Å². The number of hydrogen-bond donors (Lipinski definition) is 2. The van der Waals surface area contributed by atoms with Crippen LogP contribution in [0, 0.1) is 5.92 Å². The Morgan fingerprint density at radius 2 is 2.16 bits per heavy atom. The molecular formula is C13H23NO4S. The molecule has 0 aromatic rings. The molecule has 0 aromatic carbocycles. The number of aliphatic carboxylic acids is 1. The highest BCUT2D eigenvalue weighted by molar-refractivity contribution is 7.99. The monoisotopic (exact) mass is 289 g/mol. The molecule has 1 fully saturated rings. The van der Waals surface area contributed by atoms with Crippen molar-refractivity contribution in [1.29, 1.82) is 0 Å². The number of thioether (sulfide) groups is 1. The van der Waals surface area contributed by atoms with Crippen LogP contribution in [0.5, 0.6) is 0 Å². The van der Waals surface area contributed by atoms with E-state index in [2.05, 4.69) is 5.32 Å². The third kappa shape index (κ3) is 6.71. The van der Waals surface area contributed by atoms with Gasteiger partial charge in [-0.25, -0.2) is 4.79 Å². The summed E-state index contributed by atoms with van der Waals surface area (Å²) in [5.41, 5.74) is -0.570. The summed E-state index contributed by atoms with van der Waals surface area (Å²) in [5, 5.41) is 11.7. The molecule has 0 bridgehead atoms. The summed E-state index contributed by atoms with van der Waals surface area (Å²) in [5.74, 6) is 1.33. The number of carboxylic acids is 1. The van der Waals surface area contributed by atoms with Crippen LogP contribution in [0.25, 0.3) is 0 Å². The molecule has 2 N–H and O–H groups in total. The summed E-state index contributed by atoms with van der Waals surface area (Å²) in [4.78, 5) is 22.7. The van der Waals surface area contributed by atoms with Crippen molar-refractivity contribution in [3.8, 4) is 0 Å². The van der Waals surface area contributed by atoms with Crippen LogP contribution in [0.4, 0.5) is 4.79 Å². The number of alkyl carbamates (subject to hydrolysis) is 1. The first-order valence-corrected chi connectivity index (χ1v) is 7.72. The van der Waals surface area contributed by atoms with E-state index in [0.717, 1.165) is 24.3 Å². The van der Waals surface area contributed by atoms with Gasteiger partial charge in [0.1, 0.15) is 5.60 Å². The van der Waals surface area contributed by atoms with E-state index in [0.29, 0.717) is 0 Å². The molecule has 2 atom stereocenters. The quantitative estimate of drug-likeness (QED) is 0.831. The summed E-state index contributed by atoms with van der Waals surface area (Å²) >= 11 is 1.81. The molecule has 110 valence electrons. The minimum absolute atomic E-state index is 0.0511. The van der Waals surface area contributed by atoms with Gasteiger partial charge in [0.15, 0.2) is 0 Å². The molecule has 0 aliphatic carbocycles. The Hall–Kier alpha value is -0.910. The average Bonchev–Trinajstić information content (AvgIpc) is 2.26. The lowest BCUT2D eigenvalue weighted by atomic mass is 9.94. The van der Waals surface area contributed by atoms with Gasteiger partial charge in [0.2, 0.25) is 0 Å². The minimum atomic E-state index is -0.892. The van der Waals surface area contributed by atoms with Gasteiger partial charge in [0, 0.05) is 6.04 Å². The Balaban J connectivity index is 2.58. The van der Waals surface area contributed by atoms with Crippen molar-refractivity contribution in [2.75, 3.05) is 11.5 Å². The van der Waals surface area contributed by atoms with Crippen LogP contribution in [-0.4, -0.2) is 40.3 Å². The van der Waals surface area contributed by atoms with Gasteiger partial charge < -0.3 is 15.2 Å². The third-order valence-electron chi connectivity index (χ3n) is 2.86. The molecule has 1 saturated heterocycles. The molecule has 0 spiro atoms. The molecule has 1 aliphatic rings. The molecule has 2 unspecified atom stereocenters. The standard InChI is InChI=1S/C13H23NO4S/c1-13(2,3)18-12(17)14-10(7-11(15)16)9-5-4-6-19-8-9/h9-10H,4-8H2,1-3H3,(H,14,17)(H,15,16). The van der Waals surface area contributed by atoms with Gasteiger partial charge in [-0.3, -0.25) is 4.79 Å². The van der Waals surface area contributed by atoms with Gasteiger partial charge in [0.05, 0.1) is 6.42 Å². The van der Waals surface area contributed by atoms with E-state index in [9.17, 15) is 9.59 Å². The average molecular weight is 289 g/mol. The summed E-state index contributed by atoms with van der Waals surface area (Å²) in [6.07, 6.45) is 1.45. The van der Waals surface area contributed by atoms with Gasteiger partial charge in [-0.15, -0.1) is 0 Å². The maximum Gasteiger partial charge on any atom is 0.407 e. The zero-order valence-electron chi connectivity index (χ0n) is 11.8. The van der Waals surface area contributed by atoms with Gasteiger partial charge in [-0.2, -0.15) is 11.8 Å². The van der Waals surface area contributed by atoms with Crippen molar-refractivity contribution in [2.45, 2.75) is 51.7 Å². The Kier molecular flexibility index (Phi) is 5.97. The number of carbonyl (C=O) groups is 2. The number of rotatable bonds is 4. The smallest absolute Gasteiger partial charge is 0.407 e. The SMILES string of the molecule is CC(C)(C)OC(=O)NC(CC(=O)O)C1CCCSC1. The highest BCUT2D eigenvalue weighted by Crippen LogP contribution is 2.26. The largest absolute Gasteiger partial charge is 0.481 e. The van der Waals surface area contributed by atoms with E-state index in [-0.39, 0.29) is 18.4 Å². The Labute approximate surface area is 118 Å². The van der Waals surface area contributed by atoms with Crippen LogP contribution < -0.4 is 5.32 Å². The summed E-state index contributed by atoms with van der Waals surface area (Å²) < 4.78 is 5.19. The van der Waals surface area contributed by atoms with Gasteiger partial charge in [-0.05, 0) is 51.0 Å².